The third kappa shape index (κ3) is 4.68. The molecule has 1 saturated heterocycles. The largest absolute Gasteiger partial charge is 0.494 e. The minimum atomic E-state index is -0.221. The van der Waals surface area contributed by atoms with Gasteiger partial charge in [-0.1, -0.05) is 26.0 Å². The van der Waals surface area contributed by atoms with Gasteiger partial charge in [0, 0.05) is 38.4 Å². The quantitative estimate of drug-likeness (QED) is 0.789. The van der Waals surface area contributed by atoms with E-state index in [1.807, 2.05) is 17.0 Å². The summed E-state index contributed by atoms with van der Waals surface area (Å²) in [5.41, 5.74) is 1.44. The summed E-state index contributed by atoms with van der Waals surface area (Å²) >= 11 is 0. The van der Waals surface area contributed by atoms with Gasteiger partial charge in [-0.2, -0.15) is 0 Å². The smallest absolute Gasteiger partial charge is 0.276 e. The van der Waals surface area contributed by atoms with E-state index in [2.05, 4.69) is 23.7 Å². The third-order valence-corrected chi connectivity index (χ3v) is 5.30. The van der Waals surface area contributed by atoms with E-state index in [4.69, 9.17) is 4.74 Å². The first-order chi connectivity index (χ1) is 13.5. The molecule has 0 radical (unpaired) electrons. The summed E-state index contributed by atoms with van der Waals surface area (Å²) in [6.07, 6.45) is 2.50. The molecule has 0 spiro atoms. The summed E-state index contributed by atoms with van der Waals surface area (Å²) in [5.74, 6) is 0.563. The molecule has 1 fully saturated rings. The van der Waals surface area contributed by atoms with Gasteiger partial charge in [0.15, 0.2) is 5.69 Å². The highest BCUT2D eigenvalue weighted by molar-refractivity contribution is 5.95. The number of amides is 1. The van der Waals surface area contributed by atoms with Crippen LogP contribution in [0, 0.1) is 11.7 Å². The van der Waals surface area contributed by atoms with Gasteiger partial charge in [0.1, 0.15) is 11.6 Å². The minimum Gasteiger partial charge on any atom is -0.494 e. The van der Waals surface area contributed by atoms with Crippen LogP contribution in [0.2, 0.25) is 0 Å². The zero-order valence-electron chi connectivity index (χ0n) is 16.8. The van der Waals surface area contributed by atoms with E-state index in [0.29, 0.717) is 30.5 Å². The molecule has 1 amide bonds. The Balaban J connectivity index is 1.78. The predicted octanol–water partition coefficient (Wildman–Crippen LogP) is 3.60. The highest BCUT2D eigenvalue weighted by atomic mass is 19.1. The lowest BCUT2D eigenvalue weighted by atomic mass is 10.0. The Bertz CT molecular complexity index is 795. The number of hydrogen-bond donors (Lipinski definition) is 0. The molecule has 1 atom stereocenters. The van der Waals surface area contributed by atoms with E-state index in [1.54, 1.807) is 25.4 Å². The van der Waals surface area contributed by atoms with Crippen molar-refractivity contribution in [3.8, 4) is 5.75 Å². The Morgan fingerprint density at radius 2 is 2.00 bits per heavy atom. The third-order valence-electron chi connectivity index (χ3n) is 5.30. The fourth-order valence-electron chi connectivity index (χ4n) is 3.77. The maximum Gasteiger partial charge on any atom is 0.276 e. The molecular formula is C22H28FN3O2. The molecule has 1 aliphatic rings. The Morgan fingerprint density at radius 3 is 2.68 bits per heavy atom. The fourth-order valence-corrected chi connectivity index (χ4v) is 3.77. The van der Waals surface area contributed by atoms with Gasteiger partial charge in [-0.05, 0) is 42.2 Å². The topological polar surface area (TPSA) is 45.7 Å². The van der Waals surface area contributed by atoms with Crippen LogP contribution in [0.25, 0.3) is 0 Å². The van der Waals surface area contributed by atoms with Crippen LogP contribution in [0.5, 0.6) is 5.75 Å². The van der Waals surface area contributed by atoms with Crippen LogP contribution in [0.15, 0.2) is 42.6 Å². The Morgan fingerprint density at radius 1 is 1.25 bits per heavy atom. The van der Waals surface area contributed by atoms with Crippen molar-refractivity contribution in [1.82, 2.24) is 14.8 Å². The number of carbonyl (C=O) groups is 1. The Hall–Kier alpha value is -2.47. The molecular weight excluding hydrogens is 357 g/mol. The number of nitrogens with zero attached hydrogens (tertiary/aromatic N) is 3. The van der Waals surface area contributed by atoms with Crippen LogP contribution in [-0.4, -0.2) is 53.5 Å². The lowest BCUT2D eigenvalue weighted by Gasteiger charge is -2.34. The first kappa shape index (κ1) is 20.3. The molecule has 0 unspecified atom stereocenters. The summed E-state index contributed by atoms with van der Waals surface area (Å²) in [7, 11) is 1.55. The van der Waals surface area contributed by atoms with Gasteiger partial charge in [-0.25, -0.2) is 9.37 Å². The molecule has 1 aromatic carbocycles. The zero-order valence-corrected chi connectivity index (χ0v) is 16.8. The van der Waals surface area contributed by atoms with Crippen LogP contribution in [0.3, 0.4) is 0 Å². The SMILES string of the molecule is COc1cccnc1C(=O)N1CCCN(Cc2ccc(F)cc2)[C@@H](C(C)C)C1. The van der Waals surface area contributed by atoms with Gasteiger partial charge >= 0.3 is 0 Å². The van der Waals surface area contributed by atoms with Gasteiger partial charge in [0.25, 0.3) is 5.91 Å². The first-order valence-corrected chi connectivity index (χ1v) is 9.76. The molecule has 150 valence electrons. The molecule has 1 aliphatic heterocycles. The molecule has 0 aliphatic carbocycles. The Labute approximate surface area is 166 Å². The molecule has 0 bridgehead atoms. The van der Waals surface area contributed by atoms with Gasteiger partial charge in [-0.3, -0.25) is 9.69 Å². The number of ether oxygens (including phenoxy) is 1. The van der Waals surface area contributed by atoms with Crippen molar-refractivity contribution in [2.75, 3.05) is 26.7 Å². The molecule has 0 saturated carbocycles. The number of carbonyl (C=O) groups excluding carboxylic acids is 1. The maximum absolute atomic E-state index is 13.2. The van der Waals surface area contributed by atoms with Crippen molar-refractivity contribution in [1.29, 1.82) is 0 Å². The summed E-state index contributed by atoms with van der Waals surface area (Å²) in [5, 5.41) is 0. The van der Waals surface area contributed by atoms with E-state index in [1.165, 1.54) is 12.1 Å². The van der Waals surface area contributed by atoms with E-state index in [-0.39, 0.29) is 17.8 Å². The van der Waals surface area contributed by atoms with Crippen molar-refractivity contribution < 1.29 is 13.9 Å². The van der Waals surface area contributed by atoms with Crippen molar-refractivity contribution in [3.05, 3.63) is 59.7 Å². The average molecular weight is 385 g/mol. The van der Waals surface area contributed by atoms with Gasteiger partial charge in [-0.15, -0.1) is 0 Å². The average Bonchev–Trinajstić information content (AvgIpc) is 2.92. The lowest BCUT2D eigenvalue weighted by Crippen LogP contribution is -2.45. The fraction of sp³-hybridized carbons (Fsp3) is 0.455. The summed E-state index contributed by atoms with van der Waals surface area (Å²) < 4.78 is 18.5. The zero-order chi connectivity index (χ0) is 20.1. The number of halogens is 1. The standard InChI is InChI=1S/C22H28FN3O2/c1-16(2)19-15-26(22(27)21-20(28-3)6-4-11-24-21)13-5-12-25(19)14-17-7-9-18(23)10-8-17/h4,6-11,16,19H,5,12-15H2,1-3H3/t19-/m1/s1. The van der Waals surface area contributed by atoms with Crippen molar-refractivity contribution in [2.45, 2.75) is 32.9 Å². The number of aromatic nitrogens is 1. The van der Waals surface area contributed by atoms with Crippen LogP contribution >= 0.6 is 0 Å². The van der Waals surface area contributed by atoms with E-state index in [9.17, 15) is 9.18 Å². The second kappa shape index (κ2) is 9.15. The minimum absolute atomic E-state index is 0.0910. The molecule has 2 aromatic rings. The molecule has 28 heavy (non-hydrogen) atoms. The number of benzene rings is 1. The van der Waals surface area contributed by atoms with Gasteiger partial charge in [0.2, 0.25) is 0 Å². The number of rotatable bonds is 5. The normalized spacial score (nSPS) is 18.2. The summed E-state index contributed by atoms with van der Waals surface area (Å²) in [6, 6.07) is 10.4. The van der Waals surface area contributed by atoms with Crippen LogP contribution < -0.4 is 4.74 Å². The summed E-state index contributed by atoms with van der Waals surface area (Å²) in [6.45, 7) is 7.32. The molecule has 0 N–H and O–H groups in total. The first-order valence-electron chi connectivity index (χ1n) is 9.76. The molecule has 6 heteroatoms. The van der Waals surface area contributed by atoms with Crippen LogP contribution in [-0.2, 0) is 6.54 Å². The number of pyridine rings is 1. The highest BCUT2D eigenvalue weighted by Gasteiger charge is 2.31. The van der Waals surface area contributed by atoms with Crippen LogP contribution in [0.1, 0.15) is 36.3 Å². The van der Waals surface area contributed by atoms with E-state index >= 15 is 0 Å². The number of hydrogen-bond acceptors (Lipinski definition) is 4. The van der Waals surface area contributed by atoms with E-state index < -0.39 is 0 Å². The van der Waals surface area contributed by atoms with Crippen molar-refractivity contribution in [2.24, 2.45) is 5.92 Å². The predicted molar refractivity (Wildman–Crippen MR) is 107 cm³/mol. The number of methoxy groups -OCH3 is 1. The van der Waals surface area contributed by atoms with Crippen molar-refractivity contribution >= 4 is 5.91 Å². The second-order valence-electron chi connectivity index (χ2n) is 7.57. The highest BCUT2D eigenvalue weighted by Crippen LogP contribution is 2.23. The molecule has 3 rings (SSSR count). The van der Waals surface area contributed by atoms with E-state index in [0.717, 1.165) is 25.1 Å². The maximum atomic E-state index is 13.2. The second-order valence-corrected chi connectivity index (χ2v) is 7.57. The lowest BCUT2D eigenvalue weighted by molar-refractivity contribution is 0.0693. The van der Waals surface area contributed by atoms with Crippen LogP contribution in [0.4, 0.5) is 4.39 Å². The Kier molecular flexibility index (Phi) is 6.62. The van der Waals surface area contributed by atoms with Gasteiger partial charge in [0.05, 0.1) is 7.11 Å². The monoisotopic (exact) mass is 385 g/mol. The summed E-state index contributed by atoms with van der Waals surface area (Å²) in [4.78, 5) is 21.7. The molecule has 1 aromatic heterocycles. The van der Waals surface area contributed by atoms with Crippen molar-refractivity contribution in [3.63, 3.8) is 0 Å². The molecule has 2 heterocycles. The van der Waals surface area contributed by atoms with Gasteiger partial charge < -0.3 is 9.64 Å². The molecule has 5 nitrogen and oxygen atoms in total.